The number of amides is 1. The van der Waals surface area contributed by atoms with Gasteiger partial charge >= 0.3 is 5.97 Å². The van der Waals surface area contributed by atoms with E-state index in [-0.39, 0.29) is 18.7 Å². The van der Waals surface area contributed by atoms with Crippen LogP contribution in [0.4, 0.5) is 8.78 Å². The van der Waals surface area contributed by atoms with Gasteiger partial charge in [0.2, 0.25) is 0 Å². The minimum absolute atomic E-state index is 0.183. The molecule has 0 aliphatic heterocycles. The smallest absolute Gasteiger partial charge is 0.329 e. The zero-order valence-corrected chi connectivity index (χ0v) is 12.0. The third-order valence-electron chi connectivity index (χ3n) is 3.55. The third kappa shape index (κ3) is 3.37. The minimum atomic E-state index is -0.624. The summed E-state index contributed by atoms with van der Waals surface area (Å²) in [6.45, 7) is 2.87. The van der Waals surface area contributed by atoms with E-state index in [1.807, 2.05) is 0 Å². The van der Waals surface area contributed by atoms with Gasteiger partial charge in [-0.05, 0) is 36.5 Å². The molecule has 6 heteroatoms. The maximum atomic E-state index is 13.9. The van der Waals surface area contributed by atoms with Crippen molar-refractivity contribution in [2.75, 3.05) is 0 Å². The van der Waals surface area contributed by atoms with Gasteiger partial charge in [-0.25, -0.2) is 8.78 Å². The number of hydrogen-bond acceptors (Lipinski definition) is 3. The molecule has 0 fully saturated rings. The summed E-state index contributed by atoms with van der Waals surface area (Å²) in [4.78, 5) is 28.0. The number of carbonyl (C=O) groups excluding carboxylic acids is 2. The van der Waals surface area contributed by atoms with E-state index in [9.17, 15) is 18.4 Å². The standard InChI is InChI=1S/C15H17F2NO3/c1-3-15(20)18(21-9(2)19)12-5-4-10-6-11(16)7-14(17)13(10)8-12/h6-7,12H,3-5,8H2,1-2H3. The lowest BCUT2D eigenvalue weighted by atomic mass is 9.87. The Bertz CT molecular complexity index is 574. The Morgan fingerprint density at radius 2 is 2.10 bits per heavy atom. The van der Waals surface area contributed by atoms with Gasteiger partial charge in [-0.15, -0.1) is 0 Å². The summed E-state index contributed by atoms with van der Waals surface area (Å²) in [6.07, 6.45) is 1.32. The number of nitrogens with zero attached hydrogens (tertiary/aromatic N) is 1. The summed E-state index contributed by atoms with van der Waals surface area (Å²) in [5.74, 6) is -2.16. The average Bonchev–Trinajstić information content (AvgIpc) is 2.43. The SMILES string of the molecule is CCC(=O)N(OC(C)=O)C1CCc2cc(F)cc(F)c2C1. The fourth-order valence-electron chi connectivity index (χ4n) is 2.59. The molecule has 21 heavy (non-hydrogen) atoms. The van der Waals surface area contributed by atoms with E-state index in [0.717, 1.165) is 11.1 Å². The molecule has 1 aliphatic rings. The first-order valence-electron chi connectivity index (χ1n) is 6.89. The molecule has 4 nitrogen and oxygen atoms in total. The summed E-state index contributed by atoms with van der Waals surface area (Å²) in [5.41, 5.74) is 0.990. The third-order valence-corrected chi connectivity index (χ3v) is 3.55. The van der Waals surface area contributed by atoms with Crippen molar-refractivity contribution in [2.45, 2.75) is 45.6 Å². The molecule has 1 aliphatic carbocycles. The molecular weight excluding hydrogens is 280 g/mol. The molecule has 1 aromatic carbocycles. The van der Waals surface area contributed by atoms with Gasteiger partial charge in [0.1, 0.15) is 11.6 Å². The fourth-order valence-corrected chi connectivity index (χ4v) is 2.59. The van der Waals surface area contributed by atoms with E-state index in [0.29, 0.717) is 24.0 Å². The van der Waals surface area contributed by atoms with Gasteiger partial charge in [-0.3, -0.25) is 9.59 Å². The van der Waals surface area contributed by atoms with Crippen LogP contribution in [0.15, 0.2) is 12.1 Å². The Hall–Kier alpha value is -1.98. The highest BCUT2D eigenvalue weighted by molar-refractivity contribution is 5.77. The lowest BCUT2D eigenvalue weighted by Crippen LogP contribution is -2.44. The number of aryl methyl sites for hydroxylation is 1. The predicted molar refractivity (Wildman–Crippen MR) is 71.1 cm³/mol. The molecule has 0 radical (unpaired) electrons. The summed E-state index contributed by atoms with van der Waals surface area (Å²) < 4.78 is 27.1. The lowest BCUT2D eigenvalue weighted by molar-refractivity contribution is -0.206. The van der Waals surface area contributed by atoms with Crippen LogP contribution < -0.4 is 0 Å². The minimum Gasteiger partial charge on any atom is -0.338 e. The maximum absolute atomic E-state index is 13.9. The number of benzene rings is 1. The van der Waals surface area contributed by atoms with E-state index in [2.05, 4.69) is 0 Å². The van der Waals surface area contributed by atoms with Crippen molar-refractivity contribution in [1.82, 2.24) is 5.06 Å². The van der Waals surface area contributed by atoms with Gasteiger partial charge in [0.15, 0.2) is 0 Å². The Kier molecular flexibility index (Phi) is 4.55. The summed E-state index contributed by atoms with van der Waals surface area (Å²) >= 11 is 0. The normalized spacial score (nSPS) is 17.0. The van der Waals surface area contributed by atoms with Gasteiger partial charge in [-0.2, -0.15) is 5.06 Å². The van der Waals surface area contributed by atoms with Crippen LogP contribution in [0.1, 0.15) is 37.8 Å². The molecule has 1 amide bonds. The van der Waals surface area contributed by atoms with Gasteiger partial charge in [0, 0.05) is 19.4 Å². The van der Waals surface area contributed by atoms with Crippen molar-refractivity contribution < 1.29 is 23.2 Å². The molecule has 0 spiro atoms. The number of fused-ring (bicyclic) bond motifs is 1. The van der Waals surface area contributed by atoms with Crippen LogP contribution in [-0.2, 0) is 27.3 Å². The van der Waals surface area contributed by atoms with Crippen molar-refractivity contribution in [3.63, 3.8) is 0 Å². The van der Waals surface area contributed by atoms with Crippen LogP contribution in [0.2, 0.25) is 0 Å². The highest BCUT2D eigenvalue weighted by Gasteiger charge is 2.31. The van der Waals surface area contributed by atoms with E-state index < -0.39 is 23.6 Å². The van der Waals surface area contributed by atoms with Crippen molar-refractivity contribution in [3.8, 4) is 0 Å². The van der Waals surface area contributed by atoms with Crippen LogP contribution in [0, 0.1) is 11.6 Å². The Morgan fingerprint density at radius 3 is 2.71 bits per heavy atom. The summed E-state index contributed by atoms with van der Waals surface area (Å²) in [6, 6.07) is 1.72. The second-order valence-corrected chi connectivity index (χ2v) is 5.08. The number of hydroxylamine groups is 2. The quantitative estimate of drug-likeness (QED) is 0.788. The van der Waals surface area contributed by atoms with Crippen LogP contribution in [-0.4, -0.2) is 23.0 Å². The molecule has 1 unspecified atom stereocenters. The number of hydrogen-bond donors (Lipinski definition) is 0. The van der Waals surface area contributed by atoms with Gasteiger partial charge in [-0.1, -0.05) is 6.92 Å². The molecule has 0 heterocycles. The average molecular weight is 297 g/mol. The van der Waals surface area contributed by atoms with E-state index in [1.54, 1.807) is 6.92 Å². The Balaban J connectivity index is 2.25. The first-order chi connectivity index (χ1) is 9.92. The maximum Gasteiger partial charge on any atom is 0.329 e. The number of carbonyl (C=O) groups is 2. The fraction of sp³-hybridized carbons (Fsp3) is 0.467. The first-order valence-corrected chi connectivity index (χ1v) is 6.89. The molecule has 0 aromatic heterocycles. The highest BCUT2D eigenvalue weighted by Crippen LogP contribution is 2.28. The van der Waals surface area contributed by atoms with E-state index in [4.69, 9.17) is 4.84 Å². The molecule has 2 rings (SSSR count). The number of rotatable bonds is 2. The van der Waals surface area contributed by atoms with Crippen LogP contribution in [0.25, 0.3) is 0 Å². The zero-order chi connectivity index (χ0) is 15.6. The van der Waals surface area contributed by atoms with Crippen LogP contribution >= 0.6 is 0 Å². The predicted octanol–water partition coefficient (Wildman–Crippen LogP) is 2.54. The highest BCUT2D eigenvalue weighted by atomic mass is 19.1. The van der Waals surface area contributed by atoms with Crippen molar-refractivity contribution in [2.24, 2.45) is 0 Å². The molecule has 0 saturated heterocycles. The molecule has 0 bridgehead atoms. The summed E-state index contributed by atoms with van der Waals surface area (Å²) in [5, 5.41) is 1.04. The Morgan fingerprint density at radius 1 is 1.38 bits per heavy atom. The first kappa shape index (κ1) is 15.4. The second-order valence-electron chi connectivity index (χ2n) is 5.08. The van der Waals surface area contributed by atoms with Crippen molar-refractivity contribution >= 4 is 11.9 Å². The molecular formula is C15H17F2NO3. The van der Waals surface area contributed by atoms with Crippen molar-refractivity contribution in [1.29, 1.82) is 0 Å². The van der Waals surface area contributed by atoms with Gasteiger partial charge in [0.25, 0.3) is 5.91 Å². The van der Waals surface area contributed by atoms with Gasteiger partial charge in [0.05, 0.1) is 6.04 Å². The molecule has 114 valence electrons. The molecule has 1 aromatic rings. The number of halogens is 2. The van der Waals surface area contributed by atoms with Crippen LogP contribution in [0.5, 0.6) is 0 Å². The van der Waals surface area contributed by atoms with Crippen LogP contribution in [0.3, 0.4) is 0 Å². The molecule has 1 atom stereocenters. The lowest BCUT2D eigenvalue weighted by Gasteiger charge is -2.33. The van der Waals surface area contributed by atoms with Gasteiger partial charge < -0.3 is 4.84 Å². The topological polar surface area (TPSA) is 46.6 Å². The van der Waals surface area contributed by atoms with Crippen molar-refractivity contribution in [3.05, 3.63) is 34.9 Å². The zero-order valence-electron chi connectivity index (χ0n) is 12.0. The molecule has 0 saturated carbocycles. The van der Waals surface area contributed by atoms with E-state index in [1.165, 1.54) is 13.0 Å². The Labute approximate surface area is 121 Å². The van der Waals surface area contributed by atoms with E-state index >= 15 is 0 Å². The monoisotopic (exact) mass is 297 g/mol. The summed E-state index contributed by atoms with van der Waals surface area (Å²) in [7, 11) is 0. The largest absolute Gasteiger partial charge is 0.338 e. The molecule has 0 N–H and O–H groups in total. The second kappa shape index (κ2) is 6.20.